The molecule has 9 heteroatoms. The minimum atomic E-state index is -4.28. The second kappa shape index (κ2) is 5.80. The van der Waals surface area contributed by atoms with Gasteiger partial charge in [-0.3, -0.25) is 8.74 Å². The predicted molar refractivity (Wildman–Crippen MR) is 82.0 cm³/mol. The Bertz CT molecular complexity index is 768. The van der Waals surface area contributed by atoms with Crippen LogP contribution in [0, 0.1) is 0 Å². The van der Waals surface area contributed by atoms with Gasteiger partial charge >= 0.3 is 0 Å². The summed E-state index contributed by atoms with van der Waals surface area (Å²) in [6.45, 7) is 3.05. The number of anilines is 1. The van der Waals surface area contributed by atoms with E-state index in [-0.39, 0.29) is 17.9 Å². The molecule has 22 heavy (non-hydrogen) atoms. The van der Waals surface area contributed by atoms with Gasteiger partial charge in [-0.25, -0.2) is 0 Å². The standard InChI is InChI=1S/C13H19NO6S2/c1-13(2,22(17,18)19)6-8-20-21(15,16)11-3-4-12-10(9-11)5-7-14-12/h3-4,9,14H,5-8H2,1-2H3,(H,17,18,19). The zero-order valence-electron chi connectivity index (χ0n) is 12.4. The first-order valence-electron chi connectivity index (χ1n) is 6.76. The Hall–Kier alpha value is -1.16. The Labute approximate surface area is 130 Å². The highest BCUT2D eigenvalue weighted by atomic mass is 32.2. The first kappa shape index (κ1) is 17.2. The van der Waals surface area contributed by atoms with Gasteiger partial charge in [-0.05, 0) is 50.5 Å². The SMILES string of the molecule is CC(C)(CCOS(=O)(=O)c1ccc2c(c1)CCN2)S(=O)(=O)O. The summed E-state index contributed by atoms with van der Waals surface area (Å²) in [5, 5.41) is 3.13. The number of fused-ring (bicyclic) bond motifs is 1. The Kier molecular flexibility index (Phi) is 4.54. The van der Waals surface area contributed by atoms with Gasteiger partial charge in [-0.1, -0.05) is 0 Å². The van der Waals surface area contributed by atoms with E-state index in [1.807, 2.05) is 0 Å². The van der Waals surface area contributed by atoms with Gasteiger partial charge in [0.15, 0.2) is 0 Å². The van der Waals surface area contributed by atoms with Gasteiger partial charge in [0.2, 0.25) is 0 Å². The van der Waals surface area contributed by atoms with Crippen molar-refractivity contribution in [3.63, 3.8) is 0 Å². The molecule has 1 aromatic rings. The molecular weight excluding hydrogens is 330 g/mol. The van der Waals surface area contributed by atoms with Gasteiger partial charge in [0, 0.05) is 12.2 Å². The zero-order chi connectivity index (χ0) is 16.6. The molecule has 0 saturated carbocycles. The van der Waals surface area contributed by atoms with Crippen molar-refractivity contribution in [3.05, 3.63) is 23.8 Å². The molecule has 0 aliphatic carbocycles. The molecule has 0 spiro atoms. The second-order valence-electron chi connectivity index (χ2n) is 5.76. The lowest BCUT2D eigenvalue weighted by atomic mass is 10.1. The minimum absolute atomic E-state index is 0.0413. The van der Waals surface area contributed by atoms with Crippen LogP contribution in [-0.2, 0) is 30.8 Å². The van der Waals surface area contributed by atoms with E-state index < -0.39 is 25.0 Å². The maximum atomic E-state index is 12.1. The van der Waals surface area contributed by atoms with Crippen LogP contribution < -0.4 is 5.32 Å². The molecule has 1 heterocycles. The van der Waals surface area contributed by atoms with E-state index in [1.165, 1.54) is 19.9 Å². The van der Waals surface area contributed by atoms with Crippen molar-refractivity contribution in [2.24, 2.45) is 0 Å². The maximum Gasteiger partial charge on any atom is 0.296 e. The average molecular weight is 349 g/mol. The molecule has 7 nitrogen and oxygen atoms in total. The predicted octanol–water partition coefficient (Wildman–Crippen LogP) is 1.42. The quantitative estimate of drug-likeness (QED) is 0.590. The fraction of sp³-hybridized carbons (Fsp3) is 0.538. The third-order valence-electron chi connectivity index (χ3n) is 3.72. The Morgan fingerprint density at radius 3 is 2.59 bits per heavy atom. The molecule has 2 rings (SSSR count). The van der Waals surface area contributed by atoms with E-state index >= 15 is 0 Å². The average Bonchev–Trinajstić information content (AvgIpc) is 2.83. The zero-order valence-corrected chi connectivity index (χ0v) is 14.0. The van der Waals surface area contributed by atoms with Crippen molar-refractivity contribution >= 4 is 25.9 Å². The van der Waals surface area contributed by atoms with Crippen molar-refractivity contribution in [1.29, 1.82) is 0 Å². The third-order valence-corrected chi connectivity index (χ3v) is 6.63. The highest BCUT2D eigenvalue weighted by Gasteiger charge is 2.33. The first-order valence-corrected chi connectivity index (χ1v) is 9.61. The summed E-state index contributed by atoms with van der Waals surface area (Å²) in [6, 6.07) is 4.68. The van der Waals surface area contributed by atoms with E-state index in [0.29, 0.717) is 0 Å². The van der Waals surface area contributed by atoms with Crippen LogP contribution in [0.1, 0.15) is 25.8 Å². The van der Waals surface area contributed by atoms with Crippen molar-refractivity contribution in [1.82, 2.24) is 0 Å². The van der Waals surface area contributed by atoms with Crippen LogP contribution >= 0.6 is 0 Å². The first-order chi connectivity index (χ1) is 10.0. The fourth-order valence-corrected chi connectivity index (χ4v) is 3.33. The largest absolute Gasteiger partial charge is 0.384 e. The molecule has 0 saturated heterocycles. The topological polar surface area (TPSA) is 110 Å². The third kappa shape index (κ3) is 3.60. The Morgan fingerprint density at radius 2 is 1.95 bits per heavy atom. The lowest BCUT2D eigenvalue weighted by Crippen LogP contribution is -2.33. The molecule has 0 bridgehead atoms. The number of rotatable bonds is 6. The molecule has 0 unspecified atom stereocenters. The molecule has 1 aliphatic rings. The van der Waals surface area contributed by atoms with Gasteiger partial charge in [-0.2, -0.15) is 16.8 Å². The highest BCUT2D eigenvalue weighted by Crippen LogP contribution is 2.26. The highest BCUT2D eigenvalue weighted by molar-refractivity contribution is 7.87. The maximum absolute atomic E-state index is 12.1. The van der Waals surface area contributed by atoms with E-state index in [4.69, 9.17) is 8.74 Å². The smallest absolute Gasteiger partial charge is 0.296 e. The number of benzene rings is 1. The van der Waals surface area contributed by atoms with E-state index in [0.717, 1.165) is 24.2 Å². The van der Waals surface area contributed by atoms with Crippen LogP contribution in [0.4, 0.5) is 5.69 Å². The summed E-state index contributed by atoms with van der Waals surface area (Å²) in [6.07, 6.45) is 0.603. The number of hydrogen-bond acceptors (Lipinski definition) is 6. The van der Waals surface area contributed by atoms with Crippen LogP contribution in [0.3, 0.4) is 0 Å². The van der Waals surface area contributed by atoms with Gasteiger partial charge in [0.05, 0.1) is 16.2 Å². The molecule has 1 aliphatic heterocycles. The lowest BCUT2D eigenvalue weighted by Gasteiger charge is -2.20. The monoisotopic (exact) mass is 349 g/mol. The number of nitrogens with one attached hydrogen (secondary N) is 1. The van der Waals surface area contributed by atoms with Gasteiger partial charge < -0.3 is 5.32 Å². The second-order valence-corrected chi connectivity index (χ2v) is 9.43. The molecular formula is C13H19NO6S2. The molecule has 0 aromatic heterocycles. The molecule has 0 atom stereocenters. The van der Waals surface area contributed by atoms with Gasteiger partial charge in [0.1, 0.15) is 0 Å². The van der Waals surface area contributed by atoms with Crippen molar-refractivity contribution in [3.8, 4) is 0 Å². The van der Waals surface area contributed by atoms with Crippen LogP contribution in [0.5, 0.6) is 0 Å². The lowest BCUT2D eigenvalue weighted by molar-refractivity contribution is 0.291. The molecule has 0 amide bonds. The number of hydrogen-bond donors (Lipinski definition) is 2. The molecule has 124 valence electrons. The Balaban J connectivity index is 2.06. The van der Waals surface area contributed by atoms with E-state index in [2.05, 4.69) is 5.32 Å². The molecule has 0 fully saturated rings. The molecule has 1 aromatic carbocycles. The summed E-state index contributed by atoms with van der Waals surface area (Å²) >= 11 is 0. The summed E-state index contributed by atoms with van der Waals surface area (Å²) in [4.78, 5) is 0.0413. The van der Waals surface area contributed by atoms with E-state index in [1.54, 1.807) is 12.1 Å². The molecule has 2 N–H and O–H groups in total. The normalized spacial score (nSPS) is 15.4. The van der Waals surface area contributed by atoms with Crippen LogP contribution in [-0.4, -0.2) is 39.3 Å². The van der Waals surface area contributed by atoms with Crippen LogP contribution in [0.2, 0.25) is 0 Å². The fourth-order valence-electron chi connectivity index (χ4n) is 2.03. The van der Waals surface area contributed by atoms with Crippen molar-refractivity contribution in [2.75, 3.05) is 18.5 Å². The molecule has 0 radical (unpaired) electrons. The summed E-state index contributed by atoms with van der Waals surface area (Å²) in [7, 11) is -8.23. The van der Waals surface area contributed by atoms with Crippen LogP contribution in [0.25, 0.3) is 0 Å². The Morgan fingerprint density at radius 1 is 1.27 bits per heavy atom. The minimum Gasteiger partial charge on any atom is -0.384 e. The summed E-state index contributed by atoms with van der Waals surface area (Å²) in [5.41, 5.74) is 1.81. The summed E-state index contributed by atoms with van der Waals surface area (Å²) < 4.78 is 59.0. The summed E-state index contributed by atoms with van der Waals surface area (Å²) in [5.74, 6) is 0. The van der Waals surface area contributed by atoms with Crippen LogP contribution in [0.15, 0.2) is 23.1 Å². The van der Waals surface area contributed by atoms with Gasteiger partial charge in [0.25, 0.3) is 20.2 Å². The van der Waals surface area contributed by atoms with Crippen molar-refractivity contribution in [2.45, 2.75) is 36.3 Å². The van der Waals surface area contributed by atoms with Crippen molar-refractivity contribution < 1.29 is 25.6 Å². The van der Waals surface area contributed by atoms with E-state index in [9.17, 15) is 16.8 Å². The van der Waals surface area contributed by atoms with Gasteiger partial charge in [-0.15, -0.1) is 0 Å².